The molecule has 3 unspecified atom stereocenters. The van der Waals surface area contributed by atoms with E-state index in [1.807, 2.05) is 49.6 Å². The van der Waals surface area contributed by atoms with Gasteiger partial charge in [-0.15, -0.1) is 11.6 Å². The molecule has 0 radical (unpaired) electrons. The standard InChI is InChI=1S/C37H52ClN5O6/c1-4-24(3)31-37(49)43-22-13-11-19-30(43)35(47)39-28(17-8-6-7-15-25(44)5-2)34(46)41-32(36(48)40-31)33(45)27-23-42(21-14-12-20-38)29-18-10-9-16-26(27)29/h9-10,16,18,23-24,28,30-32H,4-8,11-15,17,19-22H2,1-3H3,(H,39,47)(H,40,48)(H,41,46)/t24?,28-,30?,31-,32?/m0/s1. The second-order valence-corrected chi connectivity index (χ2v) is 13.8. The number of carbonyl (C=O) groups is 6. The highest BCUT2D eigenvalue weighted by Crippen LogP contribution is 2.25. The highest BCUT2D eigenvalue weighted by molar-refractivity contribution is 6.20. The quantitative estimate of drug-likeness (QED) is 0.107. The Morgan fingerprint density at radius 3 is 2.43 bits per heavy atom. The maximum absolute atomic E-state index is 14.4. The molecule has 4 amide bonds. The van der Waals surface area contributed by atoms with Gasteiger partial charge >= 0.3 is 0 Å². The van der Waals surface area contributed by atoms with Crippen molar-refractivity contribution in [2.45, 2.75) is 129 Å². The number of hydrogen-bond donors (Lipinski definition) is 3. The molecular formula is C37H52ClN5O6. The number of ketones is 2. The number of Topliss-reactive ketones (excluding diaryl/α,β-unsaturated/α-hetero) is 2. The monoisotopic (exact) mass is 697 g/mol. The van der Waals surface area contributed by atoms with Gasteiger partial charge in [0.05, 0.1) is 0 Å². The number of rotatable bonds is 15. The van der Waals surface area contributed by atoms with E-state index in [1.165, 1.54) is 4.90 Å². The zero-order valence-corrected chi connectivity index (χ0v) is 29.9. The maximum Gasteiger partial charge on any atom is 0.251 e. The molecule has 2 aliphatic heterocycles. The Kier molecular flexibility index (Phi) is 14.2. The largest absolute Gasteiger partial charge is 0.347 e. The highest BCUT2D eigenvalue weighted by Gasteiger charge is 2.42. The number of unbranched alkanes of at least 4 members (excludes halogenated alkanes) is 3. The predicted octanol–water partition coefficient (Wildman–Crippen LogP) is 4.67. The maximum atomic E-state index is 14.4. The van der Waals surface area contributed by atoms with Gasteiger partial charge in [-0.1, -0.05) is 58.2 Å². The Bertz CT molecular complexity index is 1510. The van der Waals surface area contributed by atoms with Crippen molar-refractivity contribution in [3.8, 4) is 0 Å². The molecule has 1 aromatic heterocycles. The summed E-state index contributed by atoms with van der Waals surface area (Å²) in [5.41, 5.74) is 1.09. The molecule has 0 bridgehead atoms. The van der Waals surface area contributed by atoms with Gasteiger partial charge in [-0.05, 0) is 56.9 Å². The number of carbonyl (C=O) groups excluding carboxylic acids is 6. The third kappa shape index (κ3) is 9.50. The number of nitrogens with one attached hydrogen (secondary N) is 3. The van der Waals surface area contributed by atoms with Gasteiger partial charge in [0.15, 0.2) is 11.8 Å². The summed E-state index contributed by atoms with van der Waals surface area (Å²) in [6.07, 6.45) is 8.82. The van der Waals surface area contributed by atoms with Crippen LogP contribution in [-0.4, -0.2) is 81.3 Å². The number of para-hydroxylation sites is 1. The third-order valence-corrected chi connectivity index (χ3v) is 10.3. The van der Waals surface area contributed by atoms with Gasteiger partial charge in [-0.2, -0.15) is 0 Å². The molecule has 268 valence electrons. The number of fused-ring (bicyclic) bond motifs is 2. The lowest BCUT2D eigenvalue weighted by atomic mass is 9.93. The number of aryl methyl sites for hydroxylation is 1. The van der Waals surface area contributed by atoms with E-state index in [0.29, 0.717) is 75.7 Å². The molecule has 2 aromatic rings. The first-order valence-corrected chi connectivity index (χ1v) is 18.6. The van der Waals surface area contributed by atoms with E-state index in [0.717, 1.165) is 24.8 Å². The van der Waals surface area contributed by atoms with Crippen LogP contribution in [0.1, 0.15) is 108 Å². The first kappa shape index (κ1) is 38.1. The number of amides is 4. The molecule has 1 aromatic carbocycles. The average molecular weight is 698 g/mol. The molecule has 49 heavy (non-hydrogen) atoms. The van der Waals surface area contributed by atoms with Crippen LogP contribution < -0.4 is 16.0 Å². The van der Waals surface area contributed by atoms with Gasteiger partial charge in [-0.3, -0.25) is 28.8 Å². The van der Waals surface area contributed by atoms with Crippen molar-refractivity contribution < 1.29 is 28.8 Å². The van der Waals surface area contributed by atoms with Crippen LogP contribution in [0, 0.1) is 5.92 Å². The van der Waals surface area contributed by atoms with Gasteiger partial charge < -0.3 is 25.4 Å². The predicted molar refractivity (Wildman–Crippen MR) is 189 cm³/mol. The molecule has 2 aliphatic rings. The number of piperidine rings is 1. The fourth-order valence-corrected chi connectivity index (χ4v) is 6.97. The molecule has 5 atom stereocenters. The molecule has 2 fully saturated rings. The van der Waals surface area contributed by atoms with E-state index in [2.05, 4.69) is 16.0 Å². The topological polar surface area (TPSA) is 147 Å². The number of nitrogens with zero attached hydrogens (tertiary/aromatic N) is 2. The molecule has 11 nitrogen and oxygen atoms in total. The summed E-state index contributed by atoms with van der Waals surface area (Å²) in [5, 5.41) is 9.06. The van der Waals surface area contributed by atoms with E-state index in [-0.39, 0.29) is 29.6 Å². The van der Waals surface area contributed by atoms with Crippen molar-refractivity contribution in [2.24, 2.45) is 5.92 Å². The Morgan fingerprint density at radius 1 is 0.918 bits per heavy atom. The van der Waals surface area contributed by atoms with Crippen molar-refractivity contribution >= 4 is 57.7 Å². The van der Waals surface area contributed by atoms with Crippen molar-refractivity contribution in [2.75, 3.05) is 12.4 Å². The summed E-state index contributed by atoms with van der Waals surface area (Å²) in [6, 6.07) is 2.95. The summed E-state index contributed by atoms with van der Waals surface area (Å²) in [7, 11) is 0. The zero-order chi connectivity index (χ0) is 35.5. The second-order valence-electron chi connectivity index (χ2n) is 13.4. The van der Waals surface area contributed by atoms with E-state index in [9.17, 15) is 28.8 Å². The fraction of sp³-hybridized carbons (Fsp3) is 0.622. The lowest BCUT2D eigenvalue weighted by Gasteiger charge is -2.39. The van der Waals surface area contributed by atoms with Gasteiger partial charge in [0, 0.05) is 54.5 Å². The molecule has 12 heteroatoms. The lowest BCUT2D eigenvalue weighted by Crippen LogP contribution is -2.65. The molecule has 3 heterocycles. The van der Waals surface area contributed by atoms with Crippen LogP contribution in [0.2, 0.25) is 0 Å². The number of benzene rings is 1. The van der Waals surface area contributed by atoms with Gasteiger partial charge in [0.1, 0.15) is 23.9 Å². The van der Waals surface area contributed by atoms with E-state index in [1.54, 1.807) is 6.20 Å². The van der Waals surface area contributed by atoms with E-state index < -0.39 is 47.7 Å². The number of halogens is 1. The van der Waals surface area contributed by atoms with Crippen LogP contribution in [0.3, 0.4) is 0 Å². The SMILES string of the molecule is CCC(=O)CCCCC[C@@H]1NC(=O)C2CCCCN2C(=O)[C@H](C(C)CC)NC(=O)C(C(=O)c2cn(CCCCCl)c3ccccc23)NC1=O. The molecular weight excluding hydrogens is 646 g/mol. The third-order valence-electron chi connectivity index (χ3n) is 9.99. The summed E-state index contributed by atoms with van der Waals surface area (Å²) in [5.74, 6) is -2.43. The van der Waals surface area contributed by atoms with Crippen molar-refractivity contribution in [1.29, 1.82) is 0 Å². The van der Waals surface area contributed by atoms with Crippen LogP contribution >= 0.6 is 11.6 Å². The molecule has 0 saturated carbocycles. The highest BCUT2D eigenvalue weighted by atomic mass is 35.5. The first-order chi connectivity index (χ1) is 23.6. The van der Waals surface area contributed by atoms with Crippen LogP contribution in [0.15, 0.2) is 30.5 Å². The smallest absolute Gasteiger partial charge is 0.251 e. The minimum absolute atomic E-state index is 0.169. The Labute approximate surface area is 294 Å². The fourth-order valence-electron chi connectivity index (χ4n) is 6.78. The molecule has 0 aliphatic carbocycles. The summed E-state index contributed by atoms with van der Waals surface area (Å²) in [4.78, 5) is 83.9. The molecule has 2 saturated heterocycles. The van der Waals surface area contributed by atoms with Gasteiger partial charge in [-0.25, -0.2) is 0 Å². The van der Waals surface area contributed by atoms with Crippen molar-refractivity contribution in [3.05, 3.63) is 36.0 Å². The molecule has 4 rings (SSSR count). The minimum atomic E-state index is -1.65. The van der Waals surface area contributed by atoms with E-state index >= 15 is 0 Å². The van der Waals surface area contributed by atoms with Crippen LogP contribution in [0.25, 0.3) is 10.9 Å². The van der Waals surface area contributed by atoms with Crippen LogP contribution in [-0.2, 0) is 30.5 Å². The normalized spacial score (nSPS) is 22.7. The van der Waals surface area contributed by atoms with Crippen molar-refractivity contribution in [3.63, 3.8) is 0 Å². The zero-order valence-electron chi connectivity index (χ0n) is 29.1. The Hall–Kier alpha value is -3.73. The Balaban J connectivity index is 1.71. The number of alkyl halides is 1. The number of aromatic nitrogens is 1. The van der Waals surface area contributed by atoms with Gasteiger partial charge in [0.2, 0.25) is 17.7 Å². The Morgan fingerprint density at radius 2 is 1.69 bits per heavy atom. The minimum Gasteiger partial charge on any atom is -0.347 e. The second kappa shape index (κ2) is 18.3. The summed E-state index contributed by atoms with van der Waals surface area (Å²) < 4.78 is 1.96. The summed E-state index contributed by atoms with van der Waals surface area (Å²) >= 11 is 5.91. The van der Waals surface area contributed by atoms with Crippen LogP contribution in [0.5, 0.6) is 0 Å². The number of hydrogen-bond acceptors (Lipinski definition) is 6. The first-order valence-electron chi connectivity index (χ1n) is 18.0. The molecule has 0 spiro atoms. The lowest BCUT2D eigenvalue weighted by molar-refractivity contribution is -0.147. The molecule has 3 N–H and O–H groups in total. The van der Waals surface area contributed by atoms with E-state index in [4.69, 9.17) is 11.6 Å². The van der Waals surface area contributed by atoms with Crippen molar-refractivity contribution in [1.82, 2.24) is 25.4 Å². The summed E-state index contributed by atoms with van der Waals surface area (Å²) in [6.45, 7) is 6.55. The average Bonchev–Trinajstić information content (AvgIpc) is 3.49. The van der Waals surface area contributed by atoms with Gasteiger partial charge in [0.25, 0.3) is 5.91 Å². The van der Waals surface area contributed by atoms with Crippen LogP contribution in [0.4, 0.5) is 0 Å².